The van der Waals surface area contributed by atoms with Gasteiger partial charge in [-0.05, 0) is 51.9 Å². The summed E-state index contributed by atoms with van der Waals surface area (Å²) in [5.74, 6) is 1.91. The molecule has 1 aliphatic heterocycles. The van der Waals surface area contributed by atoms with E-state index in [9.17, 15) is 0 Å². The Hall–Kier alpha value is -1.53. The Morgan fingerprint density at radius 3 is 2.78 bits per heavy atom. The summed E-state index contributed by atoms with van der Waals surface area (Å²) in [6, 6.07) is 3.95. The fraction of sp³-hybridized carbons (Fsp3) is 0.762. The van der Waals surface area contributed by atoms with Crippen molar-refractivity contribution in [1.82, 2.24) is 15.5 Å². The summed E-state index contributed by atoms with van der Waals surface area (Å²) >= 11 is 0. The maximum atomic E-state index is 5.75. The maximum Gasteiger partial charge on any atom is 0.191 e. The second-order valence-corrected chi connectivity index (χ2v) is 8.38. The zero-order valence-corrected chi connectivity index (χ0v) is 17.0. The lowest BCUT2D eigenvalue weighted by Gasteiger charge is -2.31. The van der Waals surface area contributed by atoms with E-state index < -0.39 is 0 Å². The molecule has 0 radical (unpaired) electrons. The van der Waals surface area contributed by atoms with E-state index in [1.54, 1.807) is 6.26 Å². The molecular formula is C21H36N4O2. The third kappa shape index (κ3) is 6.54. The van der Waals surface area contributed by atoms with Gasteiger partial charge in [-0.3, -0.25) is 4.99 Å². The van der Waals surface area contributed by atoms with Gasteiger partial charge in [0, 0.05) is 44.6 Å². The molecule has 1 saturated carbocycles. The average Bonchev–Trinajstić information content (AvgIpc) is 3.39. The Labute approximate surface area is 163 Å². The lowest BCUT2D eigenvalue weighted by molar-refractivity contribution is 0.113. The third-order valence-electron chi connectivity index (χ3n) is 5.65. The molecule has 3 rings (SSSR count). The van der Waals surface area contributed by atoms with Crippen molar-refractivity contribution in [2.75, 3.05) is 46.9 Å². The van der Waals surface area contributed by atoms with Crippen molar-refractivity contribution in [2.24, 2.45) is 10.4 Å². The fourth-order valence-electron chi connectivity index (χ4n) is 4.36. The van der Waals surface area contributed by atoms with E-state index in [-0.39, 0.29) is 0 Å². The molecule has 0 amide bonds. The number of furan rings is 1. The molecule has 1 aliphatic carbocycles. The summed E-state index contributed by atoms with van der Waals surface area (Å²) in [5.41, 5.74) is 0.322. The highest BCUT2D eigenvalue weighted by atomic mass is 16.5. The number of nitrogens with zero attached hydrogens (tertiary/aromatic N) is 2. The Morgan fingerprint density at radius 2 is 2.11 bits per heavy atom. The fourth-order valence-corrected chi connectivity index (χ4v) is 4.36. The van der Waals surface area contributed by atoms with Crippen molar-refractivity contribution < 1.29 is 9.15 Å². The molecule has 0 bridgehead atoms. The zero-order chi connectivity index (χ0) is 19.0. The van der Waals surface area contributed by atoms with Gasteiger partial charge in [0.05, 0.1) is 12.4 Å². The summed E-state index contributed by atoms with van der Waals surface area (Å²) in [7, 11) is 4.34. The molecule has 0 aromatic carbocycles. The quantitative estimate of drug-likeness (QED) is 0.512. The van der Waals surface area contributed by atoms with Crippen molar-refractivity contribution in [3.05, 3.63) is 24.2 Å². The van der Waals surface area contributed by atoms with Gasteiger partial charge in [-0.2, -0.15) is 0 Å². The molecule has 1 atom stereocenters. The molecule has 1 aromatic rings. The van der Waals surface area contributed by atoms with Crippen molar-refractivity contribution >= 4 is 5.96 Å². The van der Waals surface area contributed by atoms with Crippen molar-refractivity contribution in [3.63, 3.8) is 0 Å². The van der Waals surface area contributed by atoms with Crippen LogP contribution >= 0.6 is 0 Å². The van der Waals surface area contributed by atoms with Crippen LogP contribution in [-0.2, 0) is 11.2 Å². The van der Waals surface area contributed by atoms with Crippen LogP contribution in [0.5, 0.6) is 0 Å². The number of guanidine groups is 1. The maximum absolute atomic E-state index is 5.75. The van der Waals surface area contributed by atoms with E-state index in [2.05, 4.69) is 29.6 Å². The monoisotopic (exact) mass is 376 g/mol. The number of hydrogen-bond acceptors (Lipinski definition) is 4. The largest absolute Gasteiger partial charge is 0.469 e. The van der Waals surface area contributed by atoms with Gasteiger partial charge in [0.25, 0.3) is 0 Å². The molecule has 2 aliphatic rings. The van der Waals surface area contributed by atoms with Crippen LogP contribution in [0, 0.1) is 5.41 Å². The predicted molar refractivity (Wildman–Crippen MR) is 109 cm³/mol. The summed E-state index contributed by atoms with van der Waals surface area (Å²) in [6.07, 6.45) is 10.4. The highest BCUT2D eigenvalue weighted by Crippen LogP contribution is 2.38. The summed E-state index contributed by atoms with van der Waals surface area (Å²) in [6.45, 7) is 4.52. The highest BCUT2D eigenvalue weighted by molar-refractivity contribution is 5.79. The van der Waals surface area contributed by atoms with E-state index in [0.29, 0.717) is 11.5 Å². The molecular weight excluding hydrogens is 340 g/mol. The number of aliphatic imine (C=N–C) groups is 1. The molecule has 1 aromatic heterocycles. The van der Waals surface area contributed by atoms with Crippen LogP contribution in [-0.4, -0.2) is 63.8 Å². The van der Waals surface area contributed by atoms with Crippen LogP contribution in [0.25, 0.3) is 0 Å². The predicted octanol–water partition coefficient (Wildman–Crippen LogP) is 2.66. The molecule has 2 heterocycles. The highest BCUT2D eigenvalue weighted by Gasteiger charge is 2.34. The average molecular weight is 377 g/mol. The lowest BCUT2D eigenvalue weighted by atomic mass is 9.86. The van der Waals surface area contributed by atoms with Gasteiger partial charge < -0.3 is 24.7 Å². The minimum absolute atomic E-state index is 0.310. The van der Waals surface area contributed by atoms with Crippen LogP contribution in [0.2, 0.25) is 0 Å². The first-order valence-electron chi connectivity index (χ1n) is 10.5. The standard InChI is InChI=1S/C21H36N4O2/c1-25(2)17-21(10-3-4-11-21)16-24-20(23-15-19-8-6-14-27-19)22-12-9-18-7-5-13-26-18/h5,7,13,19H,3-4,6,8-12,14-17H2,1-2H3,(H2,22,23,24). The van der Waals surface area contributed by atoms with E-state index in [1.807, 2.05) is 12.1 Å². The van der Waals surface area contributed by atoms with E-state index in [4.69, 9.17) is 14.1 Å². The van der Waals surface area contributed by atoms with Gasteiger partial charge in [-0.25, -0.2) is 0 Å². The van der Waals surface area contributed by atoms with Crippen LogP contribution in [0.15, 0.2) is 27.8 Å². The van der Waals surface area contributed by atoms with E-state index >= 15 is 0 Å². The Kier molecular flexibility index (Phi) is 7.59. The minimum Gasteiger partial charge on any atom is -0.469 e. The summed E-state index contributed by atoms with van der Waals surface area (Å²) in [5, 5.41) is 6.99. The molecule has 6 heteroatoms. The molecule has 152 valence electrons. The van der Waals surface area contributed by atoms with Crippen molar-refractivity contribution in [1.29, 1.82) is 0 Å². The summed E-state index contributed by atoms with van der Waals surface area (Å²) < 4.78 is 11.2. The number of ether oxygens (including phenoxy) is 1. The van der Waals surface area contributed by atoms with Gasteiger partial charge in [-0.1, -0.05) is 12.8 Å². The Morgan fingerprint density at radius 1 is 1.26 bits per heavy atom. The zero-order valence-electron chi connectivity index (χ0n) is 17.0. The van der Waals surface area contributed by atoms with Gasteiger partial charge in [-0.15, -0.1) is 0 Å². The van der Waals surface area contributed by atoms with Gasteiger partial charge in [0.15, 0.2) is 5.96 Å². The molecule has 27 heavy (non-hydrogen) atoms. The normalized spacial score (nSPS) is 22.5. The van der Waals surface area contributed by atoms with Crippen LogP contribution in [0.1, 0.15) is 44.3 Å². The summed E-state index contributed by atoms with van der Waals surface area (Å²) in [4.78, 5) is 7.30. The van der Waals surface area contributed by atoms with Gasteiger partial charge >= 0.3 is 0 Å². The minimum atomic E-state index is 0.310. The molecule has 0 spiro atoms. The first-order chi connectivity index (χ1) is 13.2. The molecule has 6 nitrogen and oxygen atoms in total. The van der Waals surface area contributed by atoms with Crippen molar-refractivity contribution in [2.45, 2.75) is 51.0 Å². The van der Waals surface area contributed by atoms with Crippen LogP contribution in [0.4, 0.5) is 0 Å². The van der Waals surface area contributed by atoms with E-state index in [1.165, 1.54) is 25.7 Å². The first kappa shape index (κ1) is 20.2. The van der Waals surface area contributed by atoms with Crippen molar-refractivity contribution in [3.8, 4) is 0 Å². The first-order valence-corrected chi connectivity index (χ1v) is 10.5. The molecule has 1 unspecified atom stereocenters. The smallest absolute Gasteiger partial charge is 0.191 e. The Bertz CT molecular complexity index is 559. The second kappa shape index (κ2) is 10.1. The third-order valence-corrected chi connectivity index (χ3v) is 5.65. The topological polar surface area (TPSA) is 62.0 Å². The number of hydrogen-bond donors (Lipinski definition) is 2. The van der Waals surface area contributed by atoms with Crippen LogP contribution < -0.4 is 10.6 Å². The Balaban J connectivity index is 1.56. The van der Waals surface area contributed by atoms with Gasteiger partial charge in [0.2, 0.25) is 0 Å². The number of nitrogens with one attached hydrogen (secondary N) is 2. The lowest BCUT2D eigenvalue weighted by Crippen LogP contribution is -2.43. The number of rotatable bonds is 9. The van der Waals surface area contributed by atoms with E-state index in [0.717, 1.165) is 63.8 Å². The molecule has 1 saturated heterocycles. The second-order valence-electron chi connectivity index (χ2n) is 8.38. The molecule has 2 N–H and O–H groups in total. The molecule has 2 fully saturated rings. The SMILES string of the molecule is CN(C)CC1(CN=C(NCCc2ccco2)NCC2CCCO2)CCCC1. The van der Waals surface area contributed by atoms with Gasteiger partial charge in [0.1, 0.15) is 5.76 Å². The van der Waals surface area contributed by atoms with Crippen LogP contribution in [0.3, 0.4) is 0 Å².